The second-order valence-corrected chi connectivity index (χ2v) is 9.19. The van der Waals surface area contributed by atoms with Crippen LogP contribution in [0.5, 0.6) is 0 Å². The number of rotatable bonds is 6. The smallest absolute Gasteiger partial charge is 0.416 e. The van der Waals surface area contributed by atoms with Crippen molar-refractivity contribution < 1.29 is 40.7 Å². The molecular formula is C22H16F4N2O5S. The van der Waals surface area contributed by atoms with Gasteiger partial charge in [0, 0.05) is 29.1 Å². The molecule has 0 bridgehead atoms. The van der Waals surface area contributed by atoms with Gasteiger partial charge in [-0.2, -0.15) is 13.2 Å². The molecule has 34 heavy (non-hydrogen) atoms. The zero-order chi connectivity index (χ0) is 25.3. The second-order valence-electron chi connectivity index (χ2n) is 7.17. The van der Waals surface area contributed by atoms with Crippen LogP contribution in [0.1, 0.15) is 15.9 Å². The first-order valence-electron chi connectivity index (χ1n) is 9.44. The first kappa shape index (κ1) is 24.8. The average Bonchev–Trinajstić information content (AvgIpc) is 2.76. The van der Waals surface area contributed by atoms with E-state index in [1.54, 1.807) is 0 Å². The van der Waals surface area contributed by atoms with E-state index in [1.807, 2.05) is 0 Å². The molecule has 0 spiro atoms. The van der Waals surface area contributed by atoms with Gasteiger partial charge in [0.25, 0.3) is 5.91 Å². The second kappa shape index (κ2) is 9.21. The van der Waals surface area contributed by atoms with Crippen molar-refractivity contribution in [1.82, 2.24) is 4.98 Å². The monoisotopic (exact) mass is 496 g/mol. The molecule has 0 unspecified atom stereocenters. The van der Waals surface area contributed by atoms with E-state index in [0.29, 0.717) is 23.3 Å². The van der Waals surface area contributed by atoms with Crippen LogP contribution in [0.25, 0.3) is 11.1 Å². The minimum Gasteiger partial charge on any atom is -0.480 e. The molecule has 2 aromatic carbocycles. The summed E-state index contributed by atoms with van der Waals surface area (Å²) in [6.07, 6.45) is -1.99. The molecule has 0 fully saturated rings. The number of carbonyl (C=O) groups is 2. The number of aromatic nitrogens is 1. The van der Waals surface area contributed by atoms with E-state index in [4.69, 9.17) is 0 Å². The maximum absolute atomic E-state index is 14.4. The Morgan fingerprint density at radius 2 is 1.74 bits per heavy atom. The summed E-state index contributed by atoms with van der Waals surface area (Å²) in [5, 5.41) is 9.36. The largest absolute Gasteiger partial charge is 0.480 e. The Kier molecular flexibility index (Phi) is 6.73. The lowest BCUT2D eigenvalue weighted by atomic mass is 10.0. The molecule has 1 amide bonds. The number of benzene rings is 2. The highest BCUT2D eigenvalue weighted by atomic mass is 32.2. The quantitative estimate of drug-likeness (QED) is 0.517. The van der Waals surface area contributed by atoms with Crippen molar-refractivity contribution >= 4 is 27.4 Å². The van der Waals surface area contributed by atoms with Gasteiger partial charge in [-0.05, 0) is 30.3 Å². The number of pyridine rings is 1. The third-order valence-electron chi connectivity index (χ3n) is 4.70. The van der Waals surface area contributed by atoms with Crippen LogP contribution in [-0.2, 0) is 20.8 Å². The van der Waals surface area contributed by atoms with Gasteiger partial charge in [-0.15, -0.1) is 0 Å². The van der Waals surface area contributed by atoms with Crippen LogP contribution >= 0.6 is 0 Å². The third kappa shape index (κ3) is 5.39. The van der Waals surface area contributed by atoms with Gasteiger partial charge in [-0.1, -0.05) is 18.2 Å². The maximum Gasteiger partial charge on any atom is 0.416 e. The van der Waals surface area contributed by atoms with Crippen LogP contribution in [0.15, 0.2) is 65.8 Å². The van der Waals surface area contributed by atoms with Crippen molar-refractivity contribution in [2.24, 2.45) is 0 Å². The zero-order valence-corrected chi connectivity index (χ0v) is 18.2. The molecule has 3 rings (SSSR count). The minimum absolute atomic E-state index is 0.0102. The predicted octanol–water partition coefficient (Wildman–Crippen LogP) is 4.04. The Hall–Kier alpha value is -3.80. The summed E-state index contributed by atoms with van der Waals surface area (Å²) in [5.74, 6) is -3.47. The van der Waals surface area contributed by atoms with Crippen molar-refractivity contribution in [3.05, 3.63) is 77.9 Å². The Bertz CT molecular complexity index is 1370. The molecule has 0 atom stereocenters. The SMILES string of the molecule is CS(=O)(=O)c1cc(C(=O)N(CC(=O)O)c2cnccc2-c2ccccc2F)cc(C(F)(F)F)c1. The number of aliphatic carboxylic acids is 1. The lowest BCUT2D eigenvalue weighted by molar-refractivity contribution is -0.138. The molecule has 0 aliphatic carbocycles. The number of carbonyl (C=O) groups excluding carboxylic acids is 1. The number of carboxylic acids is 1. The van der Waals surface area contributed by atoms with Crippen LogP contribution in [0, 0.1) is 5.82 Å². The summed E-state index contributed by atoms with van der Waals surface area (Å²) in [7, 11) is -4.16. The zero-order valence-electron chi connectivity index (χ0n) is 17.4. The number of amides is 1. The number of anilines is 1. The van der Waals surface area contributed by atoms with Gasteiger partial charge in [0.15, 0.2) is 9.84 Å². The lowest BCUT2D eigenvalue weighted by Gasteiger charge is -2.24. The summed E-state index contributed by atoms with van der Waals surface area (Å²) < 4.78 is 78.5. The predicted molar refractivity (Wildman–Crippen MR) is 113 cm³/mol. The molecule has 7 nitrogen and oxygen atoms in total. The molecule has 0 saturated heterocycles. The molecule has 1 aromatic heterocycles. The van der Waals surface area contributed by atoms with Gasteiger partial charge < -0.3 is 5.11 Å². The Labute approximate surface area is 191 Å². The molecule has 0 radical (unpaired) electrons. The third-order valence-corrected chi connectivity index (χ3v) is 5.79. The van der Waals surface area contributed by atoms with Gasteiger partial charge in [0.05, 0.1) is 22.3 Å². The van der Waals surface area contributed by atoms with Crippen molar-refractivity contribution in [2.45, 2.75) is 11.1 Å². The van der Waals surface area contributed by atoms with E-state index in [-0.39, 0.29) is 16.8 Å². The Morgan fingerprint density at radius 1 is 1.06 bits per heavy atom. The maximum atomic E-state index is 14.4. The van der Waals surface area contributed by atoms with E-state index in [0.717, 1.165) is 18.3 Å². The Morgan fingerprint density at radius 3 is 2.32 bits per heavy atom. The van der Waals surface area contributed by atoms with Crippen LogP contribution in [-0.4, -0.2) is 43.2 Å². The van der Waals surface area contributed by atoms with Crippen LogP contribution in [0.2, 0.25) is 0 Å². The summed E-state index contributed by atoms with van der Waals surface area (Å²) in [5.41, 5.74) is -2.28. The highest BCUT2D eigenvalue weighted by molar-refractivity contribution is 7.90. The summed E-state index contributed by atoms with van der Waals surface area (Å²) >= 11 is 0. The summed E-state index contributed by atoms with van der Waals surface area (Å²) in [4.78, 5) is 28.5. The van der Waals surface area contributed by atoms with E-state index < -0.39 is 56.3 Å². The fraction of sp³-hybridized carbons (Fsp3) is 0.136. The standard InChI is InChI=1S/C22H16F4N2O5S/c1-34(32,33)15-9-13(8-14(10-15)22(24,25)26)21(31)28(12-20(29)30)19-11-27-7-6-17(19)16-4-2-3-5-18(16)23/h2-11H,12H2,1H3,(H,29,30). The van der Waals surface area contributed by atoms with Crippen LogP contribution in [0.3, 0.4) is 0 Å². The molecule has 0 aliphatic heterocycles. The lowest BCUT2D eigenvalue weighted by Crippen LogP contribution is -2.36. The van der Waals surface area contributed by atoms with E-state index in [9.17, 15) is 40.7 Å². The molecule has 12 heteroatoms. The molecule has 178 valence electrons. The van der Waals surface area contributed by atoms with E-state index >= 15 is 0 Å². The van der Waals surface area contributed by atoms with Gasteiger partial charge in [0.2, 0.25) is 0 Å². The molecule has 0 aliphatic rings. The minimum atomic E-state index is -4.99. The number of alkyl halides is 3. The van der Waals surface area contributed by atoms with Crippen LogP contribution < -0.4 is 4.90 Å². The Balaban J connectivity index is 2.23. The summed E-state index contributed by atoms with van der Waals surface area (Å²) in [6.45, 7) is -1.02. The highest BCUT2D eigenvalue weighted by Gasteiger charge is 2.34. The molecule has 1 heterocycles. The number of hydrogen-bond acceptors (Lipinski definition) is 5. The number of hydrogen-bond donors (Lipinski definition) is 1. The van der Waals surface area contributed by atoms with Crippen molar-refractivity contribution in [1.29, 1.82) is 0 Å². The van der Waals surface area contributed by atoms with E-state index in [1.165, 1.54) is 30.5 Å². The van der Waals surface area contributed by atoms with Gasteiger partial charge >= 0.3 is 12.1 Å². The van der Waals surface area contributed by atoms with Gasteiger partial charge in [-0.3, -0.25) is 19.5 Å². The number of halogens is 4. The fourth-order valence-corrected chi connectivity index (χ4v) is 3.85. The van der Waals surface area contributed by atoms with Crippen molar-refractivity contribution in [2.75, 3.05) is 17.7 Å². The number of sulfone groups is 1. The average molecular weight is 496 g/mol. The first-order valence-corrected chi connectivity index (χ1v) is 11.3. The molecule has 3 aromatic rings. The number of nitrogens with zero attached hydrogens (tertiary/aromatic N) is 2. The molecular weight excluding hydrogens is 480 g/mol. The van der Waals surface area contributed by atoms with Crippen molar-refractivity contribution in [3.63, 3.8) is 0 Å². The van der Waals surface area contributed by atoms with Gasteiger partial charge in [-0.25, -0.2) is 12.8 Å². The van der Waals surface area contributed by atoms with E-state index in [2.05, 4.69) is 4.98 Å². The summed E-state index contributed by atoms with van der Waals surface area (Å²) in [6, 6.07) is 8.24. The van der Waals surface area contributed by atoms with Gasteiger partial charge in [0.1, 0.15) is 12.4 Å². The highest BCUT2D eigenvalue weighted by Crippen LogP contribution is 2.35. The normalized spacial score (nSPS) is 11.8. The fourth-order valence-electron chi connectivity index (χ4n) is 3.17. The first-order chi connectivity index (χ1) is 15.8. The topological polar surface area (TPSA) is 105 Å². The van der Waals surface area contributed by atoms with Crippen molar-refractivity contribution in [3.8, 4) is 11.1 Å². The van der Waals surface area contributed by atoms with Crippen LogP contribution in [0.4, 0.5) is 23.2 Å². The molecule has 1 N–H and O–H groups in total. The molecule has 0 saturated carbocycles. The number of carboxylic acid groups (broad SMARTS) is 1.